The Balaban J connectivity index is 2.26. The van der Waals surface area contributed by atoms with E-state index in [0.29, 0.717) is 28.3 Å². The highest BCUT2D eigenvalue weighted by molar-refractivity contribution is 5.80. The number of aryl methyl sites for hydroxylation is 2. The first kappa shape index (κ1) is 11.3. The number of hydrogen-bond acceptors (Lipinski definition) is 4. The Hall–Kier alpha value is -2.81. The summed E-state index contributed by atoms with van der Waals surface area (Å²) in [7, 11) is 1.65. The molecule has 1 N–H and O–H groups in total. The van der Waals surface area contributed by atoms with Crippen LogP contribution in [0.2, 0.25) is 0 Å². The number of hydrogen-bond donors (Lipinski definition) is 1. The molecule has 0 fully saturated rings. The molecule has 0 saturated carbocycles. The molecule has 3 aromatic rings. The van der Waals surface area contributed by atoms with Crippen molar-refractivity contribution in [2.45, 2.75) is 6.92 Å². The van der Waals surface area contributed by atoms with Crippen LogP contribution in [0, 0.1) is 18.3 Å². The van der Waals surface area contributed by atoms with Gasteiger partial charge in [-0.25, -0.2) is 9.78 Å². The summed E-state index contributed by atoms with van der Waals surface area (Å²) in [5.74, 6) is 0.259. The number of imidazole rings is 1. The van der Waals surface area contributed by atoms with Crippen LogP contribution in [0.25, 0.3) is 22.4 Å². The quantitative estimate of drug-likeness (QED) is 0.715. The second kappa shape index (κ2) is 3.85. The number of nitriles is 1. The number of benzene rings is 1. The topological polar surface area (TPSA) is 87.6 Å². The summed E-state index contributed by atoms with van der Waals surface area (Å²) in [5, 5.41) is 9.04. The lowest BCUT2D eigenvalue weighted by molar-refractivity contribution is 0.528. The Kier molecular flexibility index (Phi) is 2.29. The minimum absolute atomic E-state index is 0.329. The highest BCUT2D eigenvalue weighted by atomic mass is 16.4. The molecular weight excluding hydrogens is 244 g/mol. The van der Waals surface area contributed by atoms with Gasteiger partial charge in [0, 0.05) is 12.6 Å². The number of nitrogens with zero attached hydrogens (tertiary/aromatic N) is 3. The second-order valence-corrected chi connectivity index (χ2v) is 4.27. The van der Waals surface area contributed by atoms with Gasteiger partial charge in [-0.2, -0.15) is 5.26 Å². The molecule has 0 bridgehead atoms. The fourth-order valence-electron chi connectivity index (χ4n) is 2.07. The number of aromatic nitrogens is 3. The van der Waals surface area contributed by atoms with Crippen LogP contribution in [0.4, 0.5) is 0 Å². The lowest BCUT2D eigenvalue weighted by Gasteiger charge is -1.98. The van der Waals surface area contributed by atoms with Crippen molar-refractivity contribution in [3.63, 3.8) is 0 Å². The van der Waals surface area contributed by atoms with Gasteiger partial charge in [0.25, 0.3) is 0 Å². The van der Waals surface area contributed by atoms with E-state index in [9.17, 15) is 4.79 Å². The largest absolute Gasteiger partial charge is 0.419 e. The number of rotatable bonds is 1. The van der Waals surface area contributed by atoms with E-state index in [2.05, 4.69) is 9.97 Å². The summed E-state index contributed by atoms with van der Waals surface area (Å²) < 4.78 is 6.56. The minimum Gasteiger partial charge on any atom is -0.408 e. The molecule has 19 heavy (non-hydrogen) atoms. The fraction of sp³-hybridized carbons (Fsp3) is 0.154. The van der Waals surface area contributed by atoms with Crippen molar-refractivity contribution in [1.82, 2.24) is 14.5 Å². The molecule has 1 aromatic carbocycles. The summed E-state index contributed by atoms with van der Waals surface area (Å²) in [5.41, 5.74) is 2.92. The Labute approximate surface area is 107 Å². The molecule has 0 atom stereocenters. The number of nitrogens with one attached hydrogen (secondary N) is 1. The molecule has 0 saturated heterocycles. The molecule has 0 spiro atoms. The minimum atomic E-state index is -0.409. The first-order valence-corrected chi connectivity index (χ1v) is 5.67. The molecule has 6 heteroatoms. The van der Waals surface area contributed by atoms with Crippen molar-refractivity contribution in [1.29, 1.82) is 5.26 Å². The highest BCUT2D eigenvalue weighted by Crippen LogP contribution is 2.25. The standard InChI is InChI=1S/C13H10N4O2/c1-7-15-9(6-14)12(16-7)8-3-4-10-11(5-8)19-13(18)17(10)2/h3-5H,1-2H3,(H,15,16). The van der Waals surface area contributed by atoms with E-state index in [-0.39, 0.29) is 0 Å². The van der Waals surface area contributed by atoms with E-state index >= 15 is 0 Å². The van der Waals surface area contributed by atoms with E-state index in [4.69, 9.17) is 9.68 Å². The van der Waals surface area contributed by atoms with Crippen LogP contribution in [0.15, 0.2) is 27.4 Å². The average Bonchev–Trinajstić information content (AvgIpc) is 2.91. The predicted octanol–water partition coefficient (Wildman–Crippen LogP) is 1.70. The van der Waals surface area contributed by atoms with Gasteiger partial charge in [-0.3, -0.25) is 4.57 Å². The maximum absolute atomic E-state index is 11.4. The average molecular weight is 254 g/mol. The molecule has 0 aliphatic carbocycles. The summed E-state index contributed by atoms with van der Waals surface area (Å²) in [6.07, 6.45) is 0. The summed E-state index contributed by atoms with van der Waals surface area (Å²) >= 11 is 0. The van der Waals surface area contributed by atoms with Gasteiger partial charge in [-0.15, -0.1) is 0 Å². The van der Waals surface area contributed by atoms with Gasteiger partial charge < -0.3 is 9.40 Å². The number of H-pyrrole nitrogens is 1. The van der Waals surface area contributed by atoms with E-state index in [1.807, 2.05) is 12.1 Å². The zero-order valence-corrected chi connectivity index (χ0v) is 10.4. The van der Waals surface area contributed by atoms with Gasteiger partial charge in [0.15, 0.2) is 11.3 Å². The van der Waals surface area contributed by atoms with Gasteiger partial charge in [0.2, 0.25) is 0 Å². The zero-order chi connectivity index (χ0) is 13.6. The Bertz CT molecular complexity index is 876. The van der Waals surface area contributed by atoms with Gasteiger partial charge in [0.1, 0.15) is 11.9 Å². The van der Waals surface area contributed by atoms with Crippen LogP contribution in [-0.2, 0) is 7.05 Å². The normalized spacial score (nSPS) is 10.8. The molecule has 2 heterocycles. The monoisotopic (exact) mass is 254 g/mol. The van der Waals surface area contributed by atoms with Crippen LogP contribution in [0.3, 0.4) is 0 Å². The maximum atomic E-state index is 11.4. The summed E-state index contributed by atoms with van der Waals surface area (Å²) in [6.45, 7) is 1.78. The van der Waals surface area contributed by atoms with Crippen molar-refractivity contribution in [2.24, 2.45) is 7.05 Å². The number of aromatic amines is 1. The van der Waals surface area contributed by atoms with Crippen LogP contribution in [-0.4, -0.2) is 14.5 Å². The van der Waals surface area contributed by atoms with Crippen molar-refractivity contribution in [2.75, 3.05) is 0 Å². The molecule has 6 nitrogen and oxygen atoms in total. The van der Waals surface area contributed by atoms with Gasteiger partial charge in [0.05, 0.1) is 11.2 Å². The van der Waals surface area contributed by atoms with E-state index in [0.717, 1.165) is 5.56 Å². The van der Waals surface area contributed by atoms with Gasteiger partial charge in [-0.1, -0.05) is 6.07 Å². The molecule has 0 amide bonds. The van der Waals surface area contributed by atoms with Crippen LogP contribution in [0.5, 0.6) is 0 Å². The third kappa shape index (κ3) is 1.64. The van der Waals surface area contributed by atoms with Gasteiger partial charge >= 0.3 is 5.76 Å². The number of oxazole rings is 1. The molecule has 94 valence electrons. The van der Waals surface area contributed by atoms with E-state index in [1.54, 1.807) is 26.1 Å². The van der Waals surface area contributed by atoms with Crippen molar-refractivity contribution in [3.05, 3.63) is 40.3 Å². The van der Waals surface area contributed by atoms with Crippen LogP contribution >= 0.6 is 0 Å². The molecule has 2 aromatic heterocycles. The Morgan fingerprint density at radius 3 is 3.00 bits per heavy atom. The predicted molar refractivity (Wildman–Crippen MR) is 68.5 cm³/mol. The first-order valence-electron chi connectivity index (χ1n) is 5.67. The van der Waals surface area contributed by atoms with Crippen molar-refractivity contribution in [3.8, 4) is 17.3 Å². The highest BCUT2D eigenvalue weighted by Gasteiger charge is 2.12. The molecule has 0 unspecified atom stereocenters. The Morgan fingerprint density at radius 1 is 1.47 bits per heavy atom. The molecule has 3 rings (SSSR count). The van der Waals surface area contributed by atoms with Crippen molar-refractivity contribution < 1.29 is 4.42 Å². The van der Waals surface area contributed by atoms with E-state index in [1.165, 1.54) is 4.57 Å². The Morgan fingerprint density at radius 2 is 2.26 bits per heavy atom. The van der Waals surface area contributed by atoms with E-state index < -0.39 is 5.76 Å². The fourth-order valence-corrected chi connectivity index (χ4v) is 2.07. The molecule has 0 aliphatic rings. The molecular formula is C13H10N4O2. The zero-order valence-electron chi connectivity index (χ0n) is 10.4. The first-order chi connectivity index (χ1) is 9.10. The third-order valence-corrected chi connectivity index (χ3v) is 3.01. The SMILES string of the molecule is Cc1nc(C#N)c(-c2ccc3c(c2)oc(=O)n3C)[nH]1. The third-order valence-electron chi connectivity index (χ3n) is 3.01. The van der Waals surface area contributed by atoms with Crippen molar-refractivity contribution >= 4 is 11.1 Å². The molecule has 0 aliphatic heterocycles. The van der Waals surface area contributed by atoms with Gasteiger partial charge in [-0.05, 0) is 19.1 Å². The number of fused-ring (bicyclic) bond motifs is 1. The second-order valence-electron chi connectivity index (χ2n) is 4.27. The smallest absolute Gasteiger partial charge is 0.408 e. The maximum Gasteiger partial charge on any atom is 0.419 e. The molecule has 0 radical (unpaired) electrons. The summed E-state index contributed by atoms with van der Waals surface area (Å²) in [6, 6.07) is 7.38. The van der Waals surface area contributed by atoms with Crippen LogP contribution in [0.1, 0.15) is 11.5 Å². The lowest BCUT2D eigenvalue weighted by Crippen LogP contribution is -2.08. The summed E-state index contributed by atoms with van der Waals surface area (Å²) in [4.78, 5) is 18.6. The van der Waals surface area contributed by atoms with Crippen LogP contribution < -0.4 is 5.76 Å². The lowest BCUT2D eigenvalue weighted by atomic mass is 10.1.